The second kappa shape index (κ2) is 2.95. The number of hydrogen-bond donors (Lipinski definition) is 2. The lowest BCUT2D eigenvalue weighted by atomic mass is 10.0. The van der Waals surface area contributed by atoms with Gasteiger partial charge in [0, 0.05) is 5.56 Å². The number of aromatic nitrogens is 1. The number of anilines is 1. The molecule has 5 heteroatoms. The average molecular weight is 194 g/mol. The van der Waals surface area contributed by atoms with Crippen LogP contribution in [0.15, 0.2) is 0 Å². The van der Waals surface area contributed by atoms with E-state index in [2.05, 4.69) is 4.98 Å². The van der Waals surface area contributed by atoms with E-state index in [9.17, 15) is 4.79 Å². The van der Waals surface area contributed by atoms with Crippen molar-refractivity contribution in [3.8, 4) is 0 Å². The van der Waals surface area contributed by atoms with Crippen LogP contribution in [0.2, 0.25) is 0 Å². The van der Waals surface area contributed by atoms with Gasteiger partial charge in [0.2, 0.25) is 0 Å². The number of carboxylic acids is 1. The minimum absolute atomic E-state index is 0.144. The van der Waals surface area contributed by atoms with Crippen LogP contribution >= 0.6 is 0 Å². The highest BCUT2D eigenvalue weighted by molar-refractivity contribution is 5.96. The second-order valence-corrected chi connectivity index (χ2v) is 3.21. The maximum absolute atomic E-state index is 11.0. The van der Waals surface area contributed by atoms with E-state index in [0.29, 0.717) is 23.6 Å². The van der Waals surface area contributed by atoms with Gasteiger partial charge in [-0.25, -0.2) is 4.79 Å². The van der Waals surface area contributed by atoms with Crippen molar-refractivity contribution < 1.29 is 14.6 Å². The summed E-state index contributed by atoms with van der Waals surface area (Å²) in [7, 11) is 0. The molecule has 0 aromatic carbocycles. The number of nitrogens with two attached hydrogens (primary N) is 1. The topological polar surface area (TPSA) is 85.4 Å². The Morgan fingerprint density at radius 2 is 2.29 bits per heavy atom. The van der Waals surface area contributed by atoms with Crippen LogP contribution in [-0.2, 0) is 18.0 Å². The van der Waals surface area contributed by atoms with Gasteiger partial charge in [0.1, 0.15) is 0 Å². The number of ether oxygens (including phenoxy) is 1. The molecule has 1 aromatic heterocycles. The molecule has 0 amide bonds. The Labute approximate surface area is 80.5 Å². The molecule has 0 spiro atoms. The zero-order valence-electron chi connectivity index (χ0n) is 7.70. The lowest BCUT2D eigenvalue weighted by molar-refractivity contribution is 0.0693. The lowest BCUT2D eigenvalue weighted by Gasteiger charge is -2.08. The molecule has 0 atom stereocenters. The van der Waals surface area contributed by atoms with Crippen molar-refractivity contribution in [1.82, 2.24) is 4.98 Å². The van der Waals surface area contributed by atoms with Gasteiger partial charge in [-0.15, -0.1) is 0 Å². The molecule has 74 valence electrons. The summed E-state index contributed by atoms with van der Waals surface area (Å²) >= 11 is 0. The van der Waals surface area contributed by atoms with Gasteiger partial charge in [-0.3, -0.25) is 4.98 Å². The van der Waals surface area contributed by atoms with Gasteiger partial charge in [0.25, 0.3) is 0 Å². The van der Waals surface area contributed by atoms with Crippen molar-refractivity contribution in [1.29, 1.82) is 0 Å². The smallest absolute Gasteiger partial charge is 0.338 e. The van der Waals surface area contributed by atoms with E-state index in [-0.39, 0.29) is 17.9 Å². The molecule has 0 unspecified atom stereocenters. The molecule has 1 aliphatic heterocycles. The molecule has 3 N–H and O–H groups in total. The molecule has 2 heterocycles. The summed E-state index contributed by atoms with van der Waals surface area (Å²) in [6.45, 7) is 2.35. The Balaban J connectivity index is 2.72. The largest absolute Gasteiger partial charge is 0.478 e. The fraction of sp³-hybridized carbons (Fsp3) is 0.333. The first-order valence-electron chi connectivity index (χ1n) is 4.20. The highest BCUT2D eigenvalue weighted by atomic mass is 16.5. The average Bonchev–Trinajstić information content (AvgIpc) is 2.52. The molecule has 0 radical (unpaired) electrons. The van der Waals surface area contributed by atoms with E-state index in [1.54, 1.807) is 6.92 Å². The molecule has 0 saturated carbocycles. The van der Waals surface area contributed by atoms with Gasteiger partial charge in [0.15, 0.2) is 0 Å². The number of aromatic carboxylic acids is 1. The molecule has 0 bridgehead atoms. The molecule has 1 aliphatic rings. The first-order valence-corrected chi connectivity index (χ1v) is 4.20. The Bertz CT molecular complexity index is 415. The zero-order valence-corrected chi connectivity index (χ0v) is 7.70. The van der Waals surface area contributed by atoms with Gasteiger partial charge >= 0.3 is 5.97 Å². The summed E-state index contributed by atoms with van der Waals surface area (Å²) < 4.78 is 5.13. The summed E-state index contributed by atoms with van der Waals surface area (Å²) in [6.07, 6.45) is 0. The van der Waals surface area contributed by atoms with Crippen LogP contribution in [0, 0.1) is 6.92 Å². The van der Waals surface area contributed by atoms with Crippen LogP contribution in [0.1, 0.15) is 27.3 Å². The van der Waals surface area contributed by atoms with Crippen molar-refractivity contribution in [2.24, 2.45) is 0 Å². The number of hydrogen-bond acceptors (Lipinski definition) is 4. The minimum Gasteiger partial charge on any atom is -0.478 e. The number of carbonyl (C=O) groups is 1. The number of aryl methyl sites for hydroxylation is 1. The van der Waals surface area contributed by atoms with E-state index >= 15 is 0 Å². The Morgan fingerprint density at radius 3 is 2.93 bits per heavy atom. The lowest BCUT2D eigenvalue weighted by Crippen LogP contribution is -2.10. The zero-order chi connectivity index (χ0) is 10.3. The molecule has 1 aromatic rings. The van der Waals surface area contributed by atoms with Crippen molar-refractivity contribution in [3.63, 3.8) is 0 Å². The summed E-state index contributed by atoms with van der Waals surface area (Å²) in [6, 6.07) is 0. The van der Waals surface area contributed by atoms with Crippen LogP contribution < -0.4 is 5.73 Å². The first-order chi connectivity index (χ1) is 6.61. The van der Waals surface area contributed by atoms with Gasteiger partial charge in [-0.05, 0) is 6.92 Å². The fourth-order valence-electron chi connectivity index (χ4n) is 1.59. The number of nitrogen functional groups attached to an aromatic ring is 1. The van der Waals surface area contributed by atoms with E-state index in [1.165, 1.54) is 0 Å². The van der Waals surface area contributed by atoms with Crippen LogP contribution in [0.5, 0.6) is 0 Å². The monoisotopic (exact) mass is 194 g/mol. The third kappa shape index (κ3) is 1.13. The number of carboxylic acid groups (broad SMARTS) is 1. The molecule has 0 fully saturated rings. The molecule has 14 heavy (non-hydrogen) atoms. The van der Waals surface area contributed by atoms with Crippen LogP contribution in [0.25, 0.3) is 0 Å². The molecule has 0 aliphatic carbocycles. The molecule has 2 rings (SSSR count). The van der Waals surface area contributed by atoms with Crippen LogP contribution in [0.4, 0.5) is 5.69 Å². The summed E-state index contributed by atoms with van der Waals surface area (Å²) in [5.41, 5.74) is 7.89. The fourth-order valence-corrected chi connectivity index (χ4v) is 1.59. The van der Waals surface area contributed by atoms with Gasteiger partial charge in [-0.2, -0.15) is 0 Å². The highest BCUT2D eigenvalue weighted by Crippen LogP contribution is 2.27. The summed E-state index contributed by atoms with van der Waals surface area (Å²) in [4.78, 5) is 15.2. The molecular weight excluding hydrogens is 184 g/mol. The quantitative estimate of drug-likeness (QED) is 0.687. The van der Waals surface area contributed by atoms with Crippen LogP contribution in [0.3, 0.4) is 0 Å². The van der Waals surface area contributed by atoms with Gasteiger partial charge < -0.3 is 15.6 Å². The maximum atomic E-state index is 11.0. The van der Waals surface area contributed by atoms with Crippen molar-refractivity contribution >= 4 is 11.7 Å². The van der Waals surface area contributed by atoms with E-state index < -0.39 is 5.97 Å². The van der Waals surface area contributed by atoms with Gasteiger partial charge in [0.05, 0.1) is 35.9 Å². The highest BCUT2D eigenvalue weighted by Gasteiger charge is 2.24. The third-order valence-corrected chi connectivity index (χ3v) is 2.31. The number of pyridine rings is 1. The standard InChI is InChI=1S/C9H10N2O3/c1-4-8(10)7(9(12)13)5-2-14-3-6(5)11-4/h2-3,10H2,1H3,(H,12,13). The van der Waals surface area contributed by atoms with Crippen molar-refractivity contribution in [2.45, 2.75) is 20.1 Å². The second-order valence-electron chi connectivity index (χ2n) is 3.21. The minimum atomic E-state index is -1.02. The van der Waals surface area contributed by atoms with E-state index in [0.717, 1.165) is 0 Å². The summed E-state index contributed by atoms with van der Waals surface area (Å²) in [5, 5.41) is 8.99. The predicted octanol–water partition coefficient (Wildman–Crippen LogP) is 0.701. The van der Waals surface area contributed by atoms with E-state index in [1.807, 2.05) is 0 Å². The first kappa shape index (κ1) is 8.96. The Kier molecular flexibility index (Phi) is 1.89. The predicted molar refractivity (Wildman–Crippen MR) is 48.8 cm³/mol. The van der Waals surface area contributed by atoms with E-state index in [4.69, 9.17) is 15.6 Å². The SMILES string of the molecule is Cc1nc2c(c(C(=O)O)c1N)COC2. The maximum Gasteiger partial charge on any atom is 0.338 e. The third-order valence-electron chi connectivity index (χ3n) is 2.31. The normalized spacial score (nSPS) is 14.1. The molecule has 5 nitrogen and oxygen atoms in total. The Morgan fingerprint density at radius 1 is 1.57 bits per heavy atom. The summed E-state index contributed by atoms with van der Waals surface area (Å²) in [5.74, 6) is -1.02. The molecule has 0 saturated heterocycles. The Hall–Kier alpha value is -1.62. The van der Waals surface area contributed by atoms with Crippen molar-refractivity contribution in [2.75, 3.05) is 5.73 Å². The number of fused-ring (bicyclic) bond motifs is 1. The molecular formula is C9H10N2O3. The number of nitrogens with zero attached hydrogens (tertiary/aromatic N) is 1. The van der Waals surface area contributed by atoms with Crippen LogP contribution in [-0.4, -0.2) is 16.1 Å². The van der Waals surface area contributed by atoms with Gasteiger partial charge in [-0.1, -0.05) is 0 Å². The van der Waals surface area contributed by atoms with Crippen molar-refractivity contribution in [3.05, 3.63) is 22.5 Å². The number of rotatable bonds is 1.